The molecule has 9 heteroatoms. The van der Waals surface area contributed by atoms with Gasteiger partial charge in [0.25, 0.3) is 0 Å². The van der Waals surface area contributed by atoms with Crippen LogP contribution in [0.15, 0.2) is 0 Å². The first-order valence-electron chi connectivity index (χ1n) is 5.10. The molecule has 7 N–H and O–H groups in total. The largest absolute Gasteiger partial charge is 0.480 e. The van der Waals surface area contributed by atoms with Gasteiger partial charge in [-0.3, -0.25) is 14.9 Å². The summed E-state index contributed by atoms with van der Waals surface area (Å²) in [6.07, 6.45) is -5.52. The Balaban J connectivity index is 4.28. The van der Waals surface area contributed by atoms with Gasteiger partial charge in [-0.15, -0.1) is 0 Å². The van der Waals surface area contributed by atoms with Gasteiger partial charge in [-0.1, -0.05) is 0 Å². The van der Waals surface area contributed by atoms with Gasteiger partial charge in [0.15, 0.2) is 5.78 Å². The number of hydrogen-bond acceptors (Lipinski definition) is 8. The van der Waals surface area contributed by atoms with Crippen LogP contribution in [0.25, 0.3) is 0 Å². The quantitative estimate of drug-likeness (QED) is 0.218. The molecule has 0 rings (SSSR count). The van der Waals surface area contributed by atoms with Crippen LogP contribution in [-0.4, -0.2) is 86.5 Å². The van der Waals surface area contributed by atoms with Crippen LogP contribution in [0.3, 0.4) is 0 Å². The standard InChI is InChI=1S/C9H17NO8/c11-2-4(9(17)18)10-1-5(13)7(15)8(16)6(14)3-12/h4,6-8,10-12,14-16H,1-3H2,(H,17,18)/t4-,6+,7+,8+/m0/s1. The Hall–Kier alpha value is -1.10. The smallest absolute Gasteiger partial charge is 0.323 e. The summed E-state index contributed by atoms with van der Waals surface area (Å²) in [5.41, 5.74) is 0. The lowest BCUT2D eigenvalue weighted by atomic mass is 10.0. The number of aliphatic hydroxyl groups is 5. The van der Waals surface area contributed by atoms with Crippen LogP contribution in [0.1, 0.15) is 0 Å². The lowest BCUT2D eigenvalue weighted by Crippen LogP contribution is -2.49. The summed E-state index contributed by atoms with van der Waals surface area (Å²) in [5, 5.41) is 55.3. The average molecular weight is 267 g/mol. The number of hydrogen-bond donors (Lipinski definition) is 7. The van der Waals surface area contributed by atoms with Crippen molar-refractivity contribution in [1.82, 2.24) is 5.32 Å². The maximum atomic E-state index is 11.3. The highest BCUT2D eigenvalue weighted by atomic mass is 16.4. The van der Waals surface area contributed by atoms with Gasteiger partial charge >= 0.3 is 5.97 Å². The van der Waals surface area contributed by atoms with Crippen LogP contribution >= 0.6 is 0 Å². The predicted octanol–water partition coefficient (Wildman–Crippen LogP) is -4.33. The minimum absolute atomic E-state index is 0.617. The molecule has 0 saturated carbocycles. The Morgan fingerprint density at radius 2 is 1.61 bits per heavy atom. The first-order chi connectivity index (χ1) is 8.34. The van der Waals surface area contributed by atoms with E-state index >= 15 is 0 Å². The summed E-state index contributed by atoms with van der Waals surface area (Å²) in [4.78, 5) is 21.8. The zero-order chi connectivity index (χ0) is 14.3. The molecular weight excluding hydrogens is 250 g/mol. The zero-order valence-corrected chi connectivity index (χ0v) is 9.43. The molecule has 9 nitrogen and oxygen atoms in total. The van der Waals surface area contributed by atoms with Crippen LogP contribution in [0.5, 0.6) is 0 Å². The number of carboxylic acid groups (broad SMARTS) is 1. The van der Waals surface area contributed by atoms with Gasteiger partial charge in [0, 0.05) is 0 Å². The second-order valence-corrected chi connectivity index (χ2v) is 3.61. The maximum absolute atomic E-state index is 11.3. The molecule has 0 spiro atoms. The van der Waals surface area contributed by atoms with Crippen molar-refractivity contribution in [3.8, 4) is 0 Å². The Morgan fingerprint density at radius 3 is 2.00 bits per heavy atom. The highest BCUT2D eigenvalue weighted by molar-refractivity contribution is 5.86. The predicted molar refractivity (Wildman–Crippen MR) is 56.6 cm³/mol. The Morgan fingerprint density at radius 1 is 1.06 bits per heavy atom. The van der Waals surface area contributed by atoms with Crippen molar-refractivity contribution in [1.29, 1.82) is 0 Å². The van der Waals surface area contributed by atoms with E-state index in [2.05, 4.69) is 5.32 Å². The summed E-state index contributed by atoms with van der Waals surface area (Å²) in [5.74, 6) is -2.36. The number of aliphatic hydroxyl groups excluding tert-OH is 5. The molecule has 0 heterocycles. The Labute approximate surface area is 102 Å². The molecule has 0 aromatic carbocycles. The molecule has 18 heavy (non-hydrogen) atoms. The molecule has 0 aliphatic rings. The van der Waals surface area contributed by atoms with Crippen molar-refractivity contribution in [2.24, 2.45) is 0 Å². The van der Waals surface area contributed by atoms with Crippen LogP contribution in [-0.2, 0) is 9.59 Å². The molecule has 0 saturated heterocycles. The average Bonchev–Trinajstić information content (AvgIpc) is 2.35. The third-order valence-electron chi connectivity index (χ3n) is 2.24. The van der Waals surface area contributed by atoms with Crippen LogP contribution < -0.4 is 5.32 Å². The number of aliphatic carboxylic acids is 1. The number of carboxylic acids is 1. The van der Waals surface area contributed by atoms with Gasteiger partial charge < -0.3 is 30.6 Å². The monoisotopic (exact) mass is 267 g/mol. The summed E-state index contributed by atoms with van der Waals surface area (Å²) >= 11 is 0. The maximum Gasteiger partial charge on any atom is 0.323 e. The number of carbonyl (C=O) groups is 2. The van der Waals surface area contributed by atoms with Gasteiger partial charge in [-0.2, -0.15) is 0 Å². The van der Waals surface area contributed by atoms with E-state index in [4.69, 9.17) is 20.4 Å². The van der Waals surface area contributed by atoms with E-state index in [0.717, 1.165) is 0 Å². The number of nitrogens with one attached hydrogen (secondary N) is 1. The summed E-state index contributed by atoms with van der Waals surface area (Å²) < 4.78 is 0. The third-order valence-corrected chi connectivity index (χ3v) is 2.24. The van der Waals surface area contributed by atoms with Crippen LogP contribution in [0.2, 0.25) is 0 Å². The zero-order valence-electron chi connectivity index (χ0n) is 9.43. The molecule has 106 valence electrons. The number of carbonyl (C=O) groups excluding carboxylic acids is 1. The van der Waals surface area contributed by atoms with Gasteiger partial charge in [0.1, 0.15) is 24.4 Å². The Kier molecular flexibility index (Phi) is 7.59. The fourth-order valence-corrected chi connectivity index (χ4v) is 1.07. The van der Waals surface area contributed by atoms with Crippen molar-refractivity contribution in [2.75, 3.05) is 19.8 Å². The van der Waals surface area contributed by atoms with E-state index in [1.165, 1.54) is 0 Å². The second kappa shape index (κ2) is 8.08. The number of rotatable bonds is 9. The van der Waals surface area contributed by atoms with E-state index in [9.17, 15) is 19.8 Å². The van der Waals surface area contributed by atoms with Gasteiger partial charge in [-0.05, 0) is 0 Å². The molecule has 0 aliphatic carbocycles. The highest BCUT2D eigenvalue weighted by Crippen LogP contribution is 2.01. The van der Waals surface area contributed by atoms with Crippen LogP contribution in [0.4, 0.5) is 0 Å². The molecule has 0 unspecified atom stereocenters. The van der Waals surface area contributed by atoms with E-state index in [1.807, 2.05) is 0 Å². The van der Waals surface area contributed by atoms with Crippen molar-refractivity contribution in [3.63, 3.8) is 0 Å². The number of ketones is 1. The normalized spacial score (nSPS) is 17.8. The fraction of sp³-hybridized carbons (Fsp3) is 0.778. The van der Waals surface area contributed by atoms with Crippen LogP contribution in [0, 0.1) is 0 Å². The molecule has 0 radical (unpaired) electrons. The molecule has 0 fully saturated rings. The molecule has 0 aromatic heterocycles. The first kappa shape index (κ1) is 16.9. The van der Waals surface area contributed by atoms with Crippen molar-refractivity contribution < 1.29 is 40.2 Å². The summed E-state index contributed by atoms with van der Waals surface area (Å²) in [6.45, 7) is -2.21. The van der Waals surface area contributed by atoms with Gasteiger partial charge in [0.05, 0.1) is 19.8 Å². The molecular formula is C9H17NO8. The van der Waals surface area contributed by atoms with Crippen molar-refractivity contribution in [2.45, 2.75) is 24.4 Å². The molecule has 4 atom stereocenters. The van der Waals surface area contributed by atoms with E-state index in [1.54, 1.807) is 0 Å². The minimum Gasteiger partial charge on any atom is -0.480 e. The third kappa shape index (κ3) is 5.04. The first-order valence-corrected chi connectivity index (χ1v) is 5.10. The molecule has 0 aromatic rings. The van der Waals surface area contributed by atoms with E-state index in [0.29, 0.717) is 0 Å². The van der Waals surface area contributed by atoms with Crippen molar-refractivity contribution in [3.05, 3.63) is 0 Å². The van der Waals surface area contributed by atoms with Crippen molar-refractivity contribution >= 4 is 11.8 Å². The lowest BCUT2D eigenvalue weighted by Gasteiger charge is -2.21. The van der Waals surface area contributed by atoms with Gasteiger partial charge in [-0.25, -0.2) is 0 Å². The molecule has 0 aliphatic heterocycles. The molecule has 0 amide bonds. The fourth-order valence-electron chi connectivity index (χ4n) is 1.07. The lowest BCUT2D eigenvalue weighted by molar-refractivity contribution is -0.142. The summed E-state index contributed by atoms with van der Waals surface area (Å²) in [7, 11) is 0. The topological polar surface area (TPSA) is 168 Å². The van der Waals surface area contributed by atoms with E-state index < -0.39 is 55.9 Å². The minimum atomic E-state index is -1.97. The Bertz CT molecular complexity index is 284. The highest BCUT2D eigenvalue weighted by Gasteiger charge is 2.30. The SMILES string of the molecule is O=C(O)[C@H](CO)NCC(=O)[C@@H](O)[C@H](O)[C@H](O)CO. The van der Waals surface area contributed by atoms with E-state index in [-0.39, 0.29) is 0 Å². The molecule has 0 bridgehead atoms. The summed E-state index contributed by atoms with van der Waals surface area (Å²) in [6, 6.07) is -1.37. The number of Topliss-reactive ketones (excluding diaryl/α,β-unsaturated/α-hetero) is 1. The van der Waals surface area contributed by atoms with Gasteiger partial charge in [0.2, 0.25) is 0 Å². The second-order valence-electron chi connectivity index (χ2n) is 3.61.